The Hall–Kier alpha value is -1.91. The van der Waals surface area contributed by atoms with Crippen molar-refractivity contribution in [1.82, 2.24) is 15.1 Å². The SMILES string of the molecule is Cc1c(CNCc2ccc(-c3ccccc3)s2)cnn1C. The van der Waals surface area contributed by atoms with E-state index in [2.05, 4.69) is 59.8 Å². The fourth-order valence-electron chi connectivity index (χ4n) is 2.27. The van der Waals surface area contributed by atoms with Crippen molar-refractivity contribution in [2.75, 3.05) is 0 Å². The van der Waals surface area contributed by atoms with Crippen molar-refractivity contribution in [3.05, 3.63) is 64.8 Å². The molecule has 0 amide bonds. The van der Waals surface area contributed by atoms with Gasteiger partial charge in [-0.2, -0.15) is 5.10 Å². The Morgan fingerprint density at radius 2 is 1.90 bits per heavy atom. The van der Waals surface area contributed by atoms with E-state index in [9.17, 15) is 0 Å². The molecule has 108 valence electrons. The summed E-state index contributed by atoms with van der Waals surface area (Å²) in [6.45, 7) is 3.85. The average molecular weight is 297 g/mol. The zero-order chi connectivity index (χ0) is 14.7. The summed E-state index contributed by atoms with van der Waals surface area (Å²) in [6.07, 6.45) is 1.94. The van der Waals surface area contributed by atoms with Crippen LogP contribution in [0.4, 0.5) is 0 Å². The minimum Gasteiger partial charge on any atom is -0.308 e. The summed E-state index contributed by atoms with van der Waals surface area (Å²) in [5.41, 5.74) is 3.77. The Bertz CT molecular complexity index is 713. The zero-order valence-electron chi connectivity index (χ0n) is 12.3. The number of aryl methyl sites for hydroxylation is 1. The molecular weight excluding hydrogens is 278 g/mol. The second-order valence-electron chi connectivity index (χ2n) is 5.11. The van der Waals surface area contributed by atoms with Crippen molar-refractivity contribution >= 4 is 11.3 Å². The summed E-state index contributed by atoms with van der Waals surface area (Å²) in [7, 11) is 1.98. The largest absolute Gasteiger partial charge is 0.308 e. The van der Waals surface area contributed by atoms with Gasteiger partial charge in [0.2, 0.25) is 0 Å². The van der Waals surface area contributed by atoms with Crippen molar-refractivity contribution in [3.63, 3.8) is 0 Å². The van der Waals surface area contributed by atoms with Gasteiger partial charge in [0.1, 0.15) is 0 Å². The van der Waals surface area contributed by atoms with Gasteiger partial charge in [0, 0.05) is 41.1 Å². The quantitative estimate of drug-likeness (QED) is 0.777. The second kappa shape index (κ2) is 6.24. The highest BCUT2D eigenvalue weighted by molar-refractivity contribution is 7.15. The molecule has 0 saturated heterocycles. The molecule has 2 aromatic heterocycles. The normalized spacial score (nSPS) is 11.0. The van der Waals surface area contributed by atoms with Crippen LogP contribution in [0.15, 0.2) is 48.7 Å². The maximum absolute atomic E-state index is 4.26. The average Bonchev–Trinajstić information content (AvgIpc) is 3.10. The van der Waals surface area contributed by atoms with Crippen molar-refractivity contribution in [1.29, 1.82) is 0 Å². The van der Waals surface area contributed by atoms with Crippen molar-refractivity contribution in [2.45, 2.75) is 20.0 Å². The van der Waals surface area contributed by atoms with Crippen LogP contribution in [0.25, 0.3) is 10.4 Å². The van der Waals surface area contributed by atoms with Crippen LogP contribution in [0.1, 0.15) is 16.1 Å². The van der Waals surface area contributed by atoms with Crippen LogP contribution in [0.2, 0.25) is 0 Å². The lowest BCUT2D eigenvalue weighted by Crippen LogP contribution is -2.12. The molecule has 4 heteroatoms. The summed E-state index contributed by atoms with van der Waals surface area (Å²) >= 11 is 1.85. The van der Waals surface area contributed by atoms with E-state index in [-0.39, 0.29) is 0 Å². The summed E-state index contributed by atoms with van der Waals surface area (Å²) in [4.78, 5) is 2.68. The molecule has 0 aliphatic carbocycles. The molecule has 3 nitrogen and oxygen atoms in total. The van der Waals surface area contributed by atoms with E-state index in [0.717, 1.165) is 13.1 Å². The molecule has 3 rings (SSSR count). The first-order valence-corrected chi connectivity index (χ1v) is 7.88. The number of thiophene rings is 1. The van der Waals surface area contributed by atoms with Gasteiger partial charge in [-0.1, -0.05) is 30.3 Å². The van der Waals surface area contributed by atoms with Crippen LogP contribution in [0.5, 0.6) is 0 Å². The molecule has 0 unspecified atom stereocenters. The third-order valence-electron chi connectivity index (χ3n) is 3.67. The van der Waals surface area contributed by atoms with E-state index in [0.29, 0.717) is 0 Å². The van der Waals surface area contributed by atoms with Crippen LogP contribution in [-0.2, 0) is 20.1 Å². The topological polar surface area (TPSA) is 29.9 Å². The van der Waals surface area contributed by atoms with Crippen molar-refractivity contribution in [2.24, 2.45) is 7.05 Å². The van der Waals surface area contributed by atoms with Crippen molar-refractivity contribution in [3.8, 4) is 10.4 Å². The molecule has 0 spiro atoms. The number of nitrogens with zero attached hydrogens (tertiary/aromatic N) is 2. The minimum absolute atomic E-state index is 0.859. The van der Waals surface area contributed by atoms with Gasteiger partial charge in [-0.3, -0.25) is 4.68 Å². The van der Waals surface area contributed by atoms with Crippen LogP contribution in [0.3, 0.4) is 0 Å². The first-order valence-electron chi connectivity index (χ1n) is 7.06. The maximum atomic E-state index is 4.26. The second-order valence-corrected chi connectivity index (χ2v) is 6.28. The van der Waals surface area contributed by atoms with E-state index in [4.69, 9.17) is 0 Å². The molecule has 1 aromatic carbocycles. The van der Waals surface area contributed by atoms with Gasteiger partial charge in [0.25, 0.3) is 0 Å². The smallest absolute Gasteiger partial charge is 0.0537 e. The highest BCUT2D eigenvalue weighted by Crippen LogP contribution is 2.27. The monoisotopic (exact) mass is 297 g/mol. The number of aromatic nitrogens is 2. The van der Waals surface area contributed by atoms with Gasteiger partial charge in [-0.15, -0.1) is 11.3 Å². The highest BCUT2D eigenvalue weighted by atomic mass is 32.1. The molecule has 0 radical (unpaired) electrons. The number of hydrogen-bond acceptors (Lipinski definition) is 3. The lowest BCUT2D eigenvalue weighted by Gasteiger charge is -2.03. The molecule has 21 heavy (non-hydrogen) atoms. The van der Waals surface area contributed by atoms with Crippen LogP contribution >= 0.6 is 11.3 Å². The van der Waals surface area contributed by atoms with Crippen molar-refractivity contribution < 1.29 is 0 Å². The fraction of sp³-hybridized carbons (Fsp3) is 0.235. The van der Waals surface area contributed by atoms with Gasteiger partial charge in [0.05, 0.1) is 6.20 Å². The molecule has 0 atom stereocenters. The number of benzene rings is 1. The summed E-state index contributed by atoms with van der Waals surface area (Å²) in [6, 6.07) is 14.9. The molecule has 0 fully saturated rings. The van der Waals surface area contributed by atoms with Crippen LogP contribution < -0.4 is 5.32 Å². The van der Waals surface area contributed by atoms with E-state index < -0.39 is 0 Å². The van der Waals surface area contributed by atoms with E-state index in [1.165, 1.54) is 26.6 Å². The Kier molecular flexibility index (Phi) is 4.18. The molecule has 1 N–H and O–H groups in total. The highest BCUT2D eigenvalue weighted by Gasteiger charge is 2.05. The summed E-state index contributed by atoms with van der Waals surface area (Å²) in [5, 5.41) is 7.76. The Morgan fingerprint density at radius 1 is 1.10 bits per heavy atom. The predicted molar refractivity (Wildman–Crippen MR) is 88.2 cm³/mol. The van der Waals surface area contributed by atoms with Crippen LogP contribution in [0, 0.1) is 6.92 Å². The minimum atomic E-state index is 0.859. The zero-order valence-corrected chi connectivity index (χ0v) is 13.2. The van der Waals surface area contributed by atoms with Gasteiger partial charge < -0.3 is 5.32 Å². The molecule has 0 aliphatic heterocycles. The Morgan fingerprint density at radius 3 is 2.62 bits per heavy atom. The molecule has 0 aliphatic rings. The molecule has 2 heterocycles. The summed E-state index contributed by atoms with van der Waals surface area (Å²) < 4.78 is 1.91. The molecule has 0 saturated carbocycles. The predicted octanol–water partition coefficient (Wildman–Crippen LogP) is 3.75. The maximum Gasteiger partial charge on any atom is 0.0537 e. The fourth-order valence-corrected chi connectivity index (χ4v) is 3.25. The first kappa shape index (κ1) is 14.0. The standard InChI is InChI=1S/C17H19N3S/c1-13-15(11-19-20(13)2)10-18-12-16-8-9-17(21-16)14-6-4-3-5-7-14/h3-9,11,18H,10,12H2,1-2H3. The van der Waals surface area contributed by atoms with E-state index in [1.54, 1.807) is 0 Å². The Labute approximate surface area is 129 Å². The lowest BCUT2D eigenvalue weighted by atomic mass is 10.2. The molecule has 3 aromatic rings. The van der Waals surface area contributed by atoms with Gasteiger partial charge in [-0.25, -0.2) is 0 Å². The van der Waals surface area contributed by atoms with Gasteiger partial charge in [-0.05, 0) is 24.6 Å². The number of rotatable bonds is 5. The third kappa shape index (κ3) is 3.23. The molecular formula is C17H19N3S. The Balaban J connectivity index is 1.59. The summed E-state index contributed by atoms with van der Waals surface area (Å²) in [5.74, 6) is 0. The lowest BCUT2D eigenvalue weighted by molar-refractivity contribution is 0.691. The van der Waals surface area contributed by atoms with E-state index >= 15 is 0 Å². The van der Waals surface area contributed by atoms with Gasteiger partial charge in [0.15, 0.2) is 0 Å². The van der Waals surface area contributed by atoms with Gasteiger partial charge >= 0.3 is 0 Å². The third-order valence-corrected chi connectivity index (χ3v) is 4.81. The number of nitrogens with one attached hydrogen (secondary N) is 1. The molecule has 0 bridgehead atoms. The van der Waals surface area contributed by atoms with Crippen LogP contribution in [-0.4, -0.2) is 9.78 Å². The first-order chi connectivity index (χ1) is 10.2. The number of hydrogen-bond donors (Lipinski definition) is 1. The van der Waals surface area contributed by atoms with E-state index in [1.807, 2.05) is 29.3 Å².